The van der Waals surface area contributed by atoms with Crippen LogP contribution in [0, 0.1) is 10.1 Å². The molecule has 5 nitrogen and oxygen atoms in total. The van der Waals surface area contributed by atoms with Gasteiger partial charge in [-0.05, 0) is 27.7 Å². The van der Waals surface area contributed by atoms with Gasteiger partial charge in [0.15, 0.2) is 0 Å². The van der Waals surface area contributed by atoms with Crippen LogP contribution in [-0.2, 0) is 9.53 Å². The van der Waals surface area contributed by atoms with E-state index in [4.69, 9.17) is 4.74 Å². The molecule has 0 radical (unpaired) electrons. The predicted molar refractivity (Wildman–Crippen MR) is 46.6 cm³/mol. The molecule has 0 aliphatic rings. The molecule has 0 N–H and O–H groups in total. The fraction of sp³-hybridized carbons (Fsp3) is 0.625. The molecule has 0 aromatic carbocycles. The van der Waals surface area contributed by atoms with Crippen LogP contribution in [0.15, 0.2) is 11.8 Å². The summed E-state index contributed by atoms with van der Waals surface area (Å²) in [6.45, 7) is 6.44. The molecule has 0 unspecified atom stereocenters. The van der Waals surface area contributed by atoms with Gasteiger partial charge in [-0.2, -0.15) is 0 Å². The lowest BCUT2D eigenvalue weighted by molar-refractivity contribution is -0.403. The normalized spacial score (nSPS) is 12.5. The van der Waals surface area contributed by atoms with Crippen molar-refractivity contribution >= 4 is 5.97 Å². The number of carbonyl (C=O) groups is 1. The molecule has 0 heterocycles. The van der Waals surface area contributed by atoms with E-state index in [-0.39, 0.29) is 5.57 Å². The van der Waals surface area contributed by atoms with Gasteiger partial charge in [-0.25, -0.2) is 4.79 Å². The Labute approximate surface area is 76.5 Å². The van der Waals surface area contributed by atoms with E-state index in [1.165, 1.54) is 6.92 Å². The Hall–Kier alpha value is -1.39. The monoisotopic (exact) mass is 187 g/mol. The molecule has 5 heteroatoms. The molecule has 0 bridgehead atoms. The summed E-state index contributed by atoms with van der Waals surface area (Å²) >= 11 is 0. The van der Waals surface area contributed by atoms with Crippen molar-refractivity contribution in [3.05, 3.63) is 21.9 Å². The van der Waals surface area contributed by atoms with Crippen LogP contribution in [0.25, 0.3) is 0 Å². The molecule has 0 aliphatic carbocycles. The van der Waals surface area contributed by atoms with Gasteiger partial charge in [0.2, 0.25) is 6.20 Å². The molecular weight excluding hydrogens is 174 g/mol. The summed E-state index contributed by atoms with van der Waals surface area (Å²) in [4.78, 5) is 20.4. The molecule has 0 aromatic heterocycles. The highest BCUT2D eigenvalue weighted by molar-refractivity contribution is 5.87. The lowest BCUT2D eigenvalue weighted by Crippen LogP contribution is -2.24. The quantitative estimate of drug-likeness (QED) is 0.284. The van der Waals surface area contributed by atoms with Crippen LogP contribution >= 0.6 is 0 Å². The Balaban J connectivity index is 4.37. The molecule has 0 aliphatic heterocycles. The molecule has 13 heavy (non-hydrogen) atoms. The number of nitrogens with zero attached hydrogens (tertiary/aromatic N) is 1. The molecular formula is C8H13NO4. The van der Waals surface area contributed by atoms with Gasteiger partial charge in [0.25, 0.3) is 0 Å². The Bertz CT molecular complexity index is 249. The van der Waals surface area contributed by atoms with E-state index in [9.17, 15) is 14.9 Å². The topological polar surface area (TPSA) is 69.4 Å². The van der Waals surface area contributed by atoms with E-state index in [1.54, 1.807) is 20.8 Å². The summed E-state index contributed by atoms with van der Waals surface area (Å²) in [5.74, 6) is -0.663. The fourth-order valence-electron chi connectivity index (χ4n) is 0.569. The summed E-state index contributed by atoms with van der Waals surface area (Å²) in [7, 11) is 0. The minimum Gasteiger partial charge on any atom is -0.456 e. The average Bonchev–Trinajstić information content (AvgIpc) is 1.81. The van der Waals surface area contributed by atoms with Gasteiger partial charge in [0.05, 0.1) is 4.92 Å². The second-order valence-electron chi connectivity index (χ2n) is 3.60. The van der Waals surface area contributed by atoms with Crippen molar-refractivity contribution in [3.63, 3.8) is 0 Å². The lowest BCUT2D eigenvalue weighted by atomic mass is 10.2. The SMILES string of the molecule is C/C(=C\[N+](=O)[O-])C(=O)OC(C)(C)C. The van der Waals surface area contributed by atoms with E-state index in [1.807, 2.05) is 0 Å². The second kappa shape index (κ2) is 4.02. The van der Waals surface area contributed by atoms with Crippen molar-refractivity contribution in [2.45, 2.75) is 33.3 Å². The molecule has 0 rings (SSSR count). The highest BCUT2D eigenvalue weighted by Crippen LogP contribution is 2.10. The Morgan fingerprint density at radius 2 is 1.92 bits per heavy atom. The summed E-state index contributed by atoms with van der Waals surface area (Å²) in [5.41, 5.74) is -0.636. The van der Waals surface area contributed by atoms with Crippen molar-refractivity contribution in [2.75, 3.05) is 0 Å². The van der Waals surface area contributed by atoms with Gasteiger partial charge < -0.3 is 4.74 Å². The number of rotatable bonds is 2. The number of hydrogen-bond donors (Lipinski definition) is 0. The van der Waals surface area contributed by atoms with Crippen LogP contribution in [0.2, 0.25) is 0 Å². The zero-order valence-corrected chi connectivity index (χ0v) is 8.16. The third-order valence-electron chi connectivity index (χ3n) is 1.02. The molecule has 0 spiro atoms. The van der Waals surface area contributed by atoms with Crippen LogP contribution in [0.3, 0.4) is 0 Å². The third-order valence-corrected chi connectivity index (χ3v) is 1.02. The van der Waals surface area contributed by atoms with E-state index in [2.05, 4.69) is 0 Å². The lowest BCUT2D eigenvalue weighted by Gasteiger charge is -2.18. The third kappa shape index (κ3) is 5.84. The molecule has 0 aromatic rings. The smallest absolute Gasteiger partial charge is 0.340 e. The summed E-state index contributed by atoms with van der Waals surface area (Å²) in [5, 5.41) is 10.0. The first-order valence-electron chi connectivity index (χ1n) is 3.77. The van der Waals surface area contributed by atoms with Crippen LogP contribution < -0.4 is 0 Å². The standard InChI is InChI=1S/C8H13NO4/c1-6(5-9(11)12)7(10)13-8(2,3)4/h5H,1-4H3/b6-5+. The van der Waals surface area contributed by atoms with Crippen LogP contribution in [-0.4, -0.2) is 16.5 Å². The fourth-order valence-corrected chi connectivity index (χ4v) is 0.569. The second-order valence-corrected chi connectivity index (χ2v) is 3.60. The average molecular weight is 187 g/mol. The highest BCUT2D eigenvalue weighted by Gasteiger charge is 2.18. The number of hydrogen-bond acceptors (Lipinski definition) is 4. The van der Waals surface area contributed by atoms with Crippen LogP contribution in [0.4, 0.5) is 0 Å². The Kier molecular flexibility index (Phi) is 3.59. The van der Waals surface area contributed by atoms with Crippen molar-refractivity contribution in [2.24, 2.45) is 0 Å². The number of ether oxygens (including phenoxy) is 1. The van der Waals surface area contributed by atoms with Crippen molar-refractivity contribution in [1.82, 2.24) is 0 Å². The number of nitro groups is 1. The largest absolute Gasteiger partial charge is 0.456 e. The summed E-state index contributed by atoms with van der Waals surface area (Å²) in [6, 6.07) is 0. The maximum atomic E-state index is 11.1. The van der Waals surface area contributed by atoms with Gasteiger partial charge in [-0.15, -0.1) is 0 Å². The van der Waals surface area contributed by atoms with Gasteiger partial charge in [-0.3, -0.25) is 10.1 Å². The van der Waals surface area contributed by atoms with Gasteiger partial charge in [0.1, 0.15) is 11.2 Å². The Morgan fingerprint density at radius 1 is 1.46 bits per heavy atom. The molecule has 0 atom stereocenters. The van der Waals surface area contributed by atoms with Crippen molar-refractivity contribution in [1.29, 1.82) is 0 Å². The zero-order chi connectivity index (χ0) is 10.6. The van der Waals surface area contributed by atoms with E-state index < -0.39 is 16.5 Å². The van der Waals surface area contributed by atoms with Crippen LogP contribution in [0.1, 0.15) is 27.7 Å². The number of esters is 1. The Morgan fingerprint density at radius 3 is 2.23 bits per heavy atom. The van der Waals surface area contributed by atoms with Crippen LogP contribution in [0.5, 0.6) is 0 Å². The van der Waals surface area contributed by atoms with Gasteiger partial charge >= 0.3 is 5.97 Å². The van der Waals surface area contributed by atoms with E-state index >= 15 is 0 Å². The molecule has 0 saturated carbocycles. The van der Waals surface area contributed by atoms with Crippen molar-refractivity contribution in [3.8, 4) is 0 Å². The first-order chi connectivity index (χ1) is 5.72. The summed E-state index contributed by atoms with van der Waals surface area (Å²) in [6.07, 6.45) is 0.633. The molecule has 74 valence electrons. The minimum atomic E-state index is -0.681. The van der Waals surface area contributed by atoms with Crippen molar-refractivity contribution < 1.29 is 14.5 Å². The maximum Gasteiger partial charge on any atom is 0.340 e. The molecule has 0 saturated heterocycles. The molecule has 0 fully saturated rings. The van der Waals surface area contributed by atoms with E-state index in [0.29, 0.717) is 6.20 Å². The van der Waals surface area contributed by atoms with Gasteiger partial charge in [-0.1, -0.05) is 0 Å². The maximum absolute atomic E-state index is 11.1. The highest BCUT2D eigenvalue weighted by atomic mass is 16.6. The number of carbonyl (C=O) groups excluding carboxylic acids is 1. The van der Waals surface area contributed by atoms with E-state index in [0.717, 1.165) is 0 Å². The first-order valence-corrected chi connectivity index (χ1v) is 3.77. The summed E-state index contributed by atoms with van der Waals surface area (Å²) < 4.78 is 4.89. The first kappa shape index (κ1) is 11.6. The molecule has 0 amide bonds. The zero-order valence-electron chi connectivity index (χ0n) is 8.16. The van der Waals surface area contributed by atoms with Gasteiger partial charge in [0, 0.05) is 0 Å². The predicted octanol–water partition coefficient (Wildman–Crippen LogP) is 1.51. The minimum absolute atomic E-state index is 0.0140.